The van der Waals surface area contributed by atoms with Crippen molar-refractivity contribution in [1.82, 2.24) is 10.3 Å². The first-order valence-electron chi connectivity index (χ1n) is 8.13. The van der Waals surface area contributed by atoms with E-state index in [0.29, 0.717) is 11.5 Å². The minimum atomic E-state index is 0.156. The van der Waals surface area contributed by atoms with Gasteiger partial charge in [0.15, 0.2) is 0 Å². The molecule has 0 radical (unpaired) electrons. The Kier molecular flexibility index (Phi) is 6.42. The van der Waals surface area contributed by atoms with Gasteiger partial charge < -0.3 is 5.32 Å². The summed E-state index contributed by atoms with van der Waals surface area (Å²) in [4.78, 5) is 4.83. The highest BCUT2D eigenvalue weighted by molar-refractivity contribution is 7.09. The monoisotopic (exact) mass is 310 g/mol. The Balaban J connectivity index is 2.60. The Labute approximate surface area is 135 Å². The fourth-order valence-electron chi connectivity index (χ4n) is 2.88. The van der Waals surface area contributed by atoms with Gasteiger partial charge in [0.2, 0.25) is 0 Å². The van der Waals surface area contributed by atoms with E-state index in [1.165, 1.54) is 23.5 Å². The van der Waals surface area contributed by atoms with Gasteiger partial charge in [-0.05, 0) is 31.2 Å². The van der Waals surface area contributed by atoms with Crippen LogP contribution < -0.4 is 5.32 Å². The van der Waals surface area contributed by atoms with Gasteiger partial charge in [-0.1, -0.05) is 48.5 Å². The molecule has 0 fully saturated rings. The van der Waals surface area contributed by atoms with E-state index in [4.69, 9.17) is 4.98 Å². The summed E-state index contributed by atoms with van der Waals surface area (Å²) >= 11 is 1.81. The minimum Gasteiger partial charge on any atom is -0.317 e. The number of likely N-dealkylation sites (N-methyl/N-ethyl adjacent to an activating group) is 1. The number of thiazole rings is 1. The third kappa shape index (κ3) is 6.92. The van der Waals surface area contributed by atoms with Crippen molar-refractivity contribution in [2.24, 2.45) is 11.3 Å². The van der Waals surface area contributed by atoms with Crippen LogP contribution in [0.25, 0.3) is 0 Å². The average molecular weight is 311 g/mol. The first kappa shape index (κ1) is 18.6. The summed E-state index contributed by atoms with van der Waals surface area (Å²) in [5.74, 6) is 0.740. The van der Waals surface area contributed by atoms with Crippen molar-refractivity contribution >= 4 is 11.3 Å². The predicted molar refractivity (Wildman–Crippen MR) is 95.2 cm³/mol. The maximum Gasteiger partial charge on any atom is 0.0944 e. The Morgan fingerprint density at radius 2 is 1.81 bits per heavy atom. The van der Waals surface area contributed by atoms with Crippen LogP contribution in [0.3, 0.4) is 0 Å². The number of aromatic nitrogens is 1. The first-order valence-corrected chi connectivity index (χ1v) is 9.01. The smallest absolute Gasteiger partial charge is 0.0944 e. The van der Waals surface area contributed by atoms with Crippen LogP contribution in [0.15, 0.2) is 5.38 Å². The van der Waals surface area contributed by atoms with Crippen LogP contribution in [0.5, 0.6) is 0 Å². The summed E-state index contributed by atoms with van der Waals surface area (Å²) in [5.41, 5.74) is 1.79. The van der Waals surface area contributed by atoms with Crippen molar-refractivity contribution in [1.29, 1.82) is 0 Å². The van der Waals surface area contributed by atoms with E-state index in [-0.39, 0.29) is 5.41 Å². The van der Waals surface area contributed by atoms with Crippen LogP contribution in [-0.4, -0.2) is 18.1 Å². The Morgan fingerprint density at radius 3 is 2.24 bits per heavy atom. The molecule has 0 aliphatic carbocycles. The maximum atomic E-state index is 4.83. The molecule has 122 valence electrons. The minimum absolute atomic E-state index is 0.156. The molecule has 2 unspecified atom stereocenters. The number of nitrogens with zero attached hydrogens (tertiary/aromatic N) is 1. The van der Waals surface area contributed by atoms with Crippen molar-refractivity contribution in [2.75, 3.05) is 7.05 Å². The maximum absolute atomic E-state index is 4.83. The predicted octanol–water partition coefficient (Wildman–Crippen LogP) is 5.03. The van der Waals surface area contributed by atoms with Crippen molar-refractivity contribution < 1.29 is 0 Å². The van der Waals surface area contributed by atoms with Crippen molar-refractivity contribution in [3.8, 4) is 0 Å². The van der Waals surface area contributed by atoms with Crippen molar-refractivity contribution in [2.45, 2.75) is 79.2 Å². The molecule has 1 aromatic rings. The van der Waals surface area contributed by atoms with Gasteiger partial charge in [0.25, 0.3) is 0 Å². The van der Waals surface area contributed by atoms with Gasteiger partial charge in [-0.2, -0.15) is 0 Å². The van der Waals surface area contributed by atoms with E-state index < -0.39 is 0 Å². The molecule has 0 spiro atoms. The number of nitrogens with one attached hydrogen (secondary N) is 1. The van der Waals surface area contributed by atoms with Gasteiger partial charge in [-0.15, -0.1) is 11.3 Å². The van der Waals surface area contributed by atoms with Crippen LogP contribution in [0.2, 0.25) is 0 Å². The zero-order valence-electron chi connectivity index (χ0n) is 15.2. The molecule has 2 atom stereocenters. The highest BCUT2D eigenvalue weighted by Gasteiger charge is 2.21. The lowest BCUT2D eigenvalue weighted by molar-refractivity contribution is 0.277. The zero-order valence-corrected chi connectivity index (χ0v) is 16.0. The van der Waals surface area contributed by atoms with E-state index in [2.05, 4.69) is 66.2 Å². The molecule has 1 aromatic heterocycles. The van der Waals surface area contributed by atoms with Crippen LogP contribution in [0, 0.1) is 11.3 Å². The molecule has 1 rings (SSSR count). The summed E-state index contributed by atoms with van der Waals surface area (Å²) in [6.45, 7) is 16.0. The molecular formula is C18H34N2S. The second-order valence-electron chi connectivity index (χ2n) is 8.67. The SMILES string of the molecule is CNC(Cc1nc(C(C)(C)C)cs1)CC(C)CC(C)(C)C. The third-order valence-electron chi connectivity index (χ3n) is 3.80. The molecule has 2 nitrogen and oxygen atoms in total. The highest BCUT2D eigenvalue weighted by Crippen LogP contribution is 2.28. The number of hydrogen-bond donors (Lipinski definition) is 1. The first-order chi connectivity index (χ1) is 9.51. The molecular weight excluding hydrogens is 276 g/mol. The molecule has 0 saturated heterocycles. The summed E-state index contributed by atoms with van der Waals surface area (Å²) in [7, 11) is 2.08. The standard InChI is InChI=1S/C18H34N2S/c1-13(11-17(2,3)4)9-14(19-8)10-16-20-15(12-21-16)18(5,6)7/h12-14,19H,9-11H2,1-8H3. The van der Waals surface area contributed by atoms with Gasteiger partial charge in [-0.3, -0.25) is 0 Å². The fourth-order valence-corrected chi connectivity index (χ4v) is 3.98. The molecule has 0 amide bonds. The number of rotatable bonds is 6. The third-order valence-corrected chi connectivity index (χ3v) is 4.67. The van der Waals surface area contributed by atoms with Crippen LogP contribution in [-0.2, 0) is 11.8 Å². The molecule has 0 aromatic carbocycles. The molecule has 1 N–H and O–H groups in total. The summed E-state index contributed by atoms with van der Waals surface area (Å²) < 4.78 is 0. The quantitative estimate of drug-likeness (QED) is 0.796. The van der Waals surface area contributed by atoms with E-state index in [1.807, 2.05) is 11.3 Å². The van der Waals surface area contributed by atoms with Crippen LogP contribution in [0.4, 0.5) is 0 Å². The number of hydrogen-bond acceptors (Lipinski definition) is 3. The van der Waals surface area contributed by atoms with Crippen LogP contribution in [0.1, 0.15) is 72.0 Å². The molecule has 0 saturated carbocycles. The lowest BCUT2D eigenvalue weighted by Gasteiger charge is -2.26. The average Bonchev–Trinajstić information content (AvgIpc) is 2.73. The summed E-state index contributed by atoms with van der Waals surface area (Å²) in [6.07, 6.45) is 3.54. The van der Waals surface area contributed by atoms with E-state index in [9.17, 15) is 0 Å². The molecule has 1 heterocycles. The molecule has 3 heteroatoms. The molecule has 0 aliphatic rings. The topological polar surface area (TPSA) is 24.9 Å². The lowest BCUT2D eigenvalue weighted by Crippen LogP contribution is -2.30. The largest absolute Gasteiger partial charge is 0.317 e. The van der Waals surface area contributed by atoms with Gasteiger partial charge in [0.1, 0.15) is 0 Å². The van der Waals surface area contributed by atoms with E-state index in [0.717, 1.165) is 12.3 Å². The van der Waals surface area contributed by atoms with Gasteiger partial charge in [-0.25, -0.2) is 4.98 Å². The zero-order chi connectivity index (χ0) is 16.3. The van der Waals surface area contributed by atoms with E-state index in [1.54, 1.807) is 0 Å². The molecule has 21 heavy (non-hydrogen) atoms. The highest BCUT2D eigenvalue weighted by atomic mass is 32.1. The summed E-state index contributed by atoms with van der Waals surface area (Å²) in [6, 6.07) is 0.529. The molecule has 0 bridgehead atoms. The second kappa shape index (κ2) is 7.23. The van der Waals surface area contributed by atoms with Gasteiger partial charge in [0, 0.05) is 23.3 Å². The molecule has 0 aliphatic heterocycles. The second-order valence-corrected chi connectivity index (χ2v) is 9.61. The Bertz CT molecular complexity index is 423. The van der Waals surface area contributed by atoms with Crippen LogP contribution >= 0.6 is 11.3 Å². The summed E-state index contributed by atoms with van der Waals surface area (Å²) in [5, 5.41) is 6.97. The normalized spacial score (nSPS) is 16.0. The van der Waals surface area contributed by atoms with Crippen molar-refractivity contribution in [3.05, 3.63) is 16.1 Å². The Hall–Kier alpha value is -0.410. The van der Waals surface area contributed by atoms with Crippen molar-refractivity contribution in [3.63, 3.8) is 0 Å². The van der Waals surface area contributed by atoms with E-state index >= 15 is 0 Å². The lowest BCUT2D eigenvalue weighted by atomic mass is 9.82. The van der Waals surface area contributed by atoms with Gasteiger partial charge >= 0.3 is 0 Å². The Morgan fingerprint density at radius 1 is 1.19 bits per heavy atom. The van der Waals surface area contributed by atoms with Gasteiger partial charge in [0.05, 0.1) is 10.7 Å². The fraction of sp³-hybridized carbons (Fsp3) is 0.833.